The van der Waals surface area contributed by atoms with E-state index in [2.05, 4.69) is 21.3 Å². The van der Waals surface area contributed by atoms with Gasteiger partial charge in [-0.25, -0.2) is 0 Å². The summed E-state index contributed by atoms with van der Waals surface area (Å²) in [6, 6.07) is -2.84. The fourth-order valence-electron chi connectivity index (χ4n) is 6.89. The summed E-state index contributed by atoms with van der Waals surface area (Å²) in [5.41, 5.74) is 5.80. The molecule has 3 saturated heterocycles. The number of primary amides is 1. The zero-order chi connectivity index (χ0) is 40.2. The Labute approximate surface area is 309 Å². The molecule has 6 amide bonds. The third kappa shape index (κ3) is 9.41. The average Bonchev–Trinajstić information content (AvgIpc) is 3.78. The number of hydrogen-bond donors (Lipinski definition) is 13. The summed E-state index contributed by atoms with van der Waals surface area (Å²) in [6.07, 6.45) is -9.52. The molecule has 3 aliphatic heterocycles. The van der Waals surface area contributed by atoms with Gasteiger partial charge in [0.25, 0.3) is 0 Å². The van der Waals surface area contributed by atoms with Gasteiger partial charge < -0.3 is 72.3 Å². The number of aromatic hydroxyl groups is 1. The van der Waals surface area contributed by atoms with Crippen molar-refractivity contribution in [3.05, 3.63) is 29.8 Å². The second kappa shape index (κ2) is 17.8. The van der Waals surface area contributed by atoms with Gasteiger partial charge in [-0.2, -0.15) is 0 Å². The van der Waals surface area contributed by atoms with E-state index < -0.39 is 127 Å². The number of aliphatic hydroxyl groups excluding tert-OH is 7. The van der Waals surface area contributed by atoms with Crippen molar-refractivity contribution < 1.29 is 69.6 Å². The molecule has 3 aliphatic rings. The van der Waals surface area contributed by atoms with Crippen LogP contribution < -0.4 is 27.0 Å². The van der Waals surface area contributed by atoms with Gasteiger partial charge in [0.15, 0.2) is 0 Å². The number of carbonyl (C=O) groups is 6. The Kier molecular flexibility index (Phi) is 13.9. The minimum Gasteiger partial charge on any atom is -0.508 e. The van der Waals surface area contributed by atoms with Crippen LogP contribution in [0.5, 0.6) is 5.75 Å². The van der Waals surface area contributed by atoms with Gasteiger partial charge in [-0.1, -0.05) is 19.1 Å². The van der Waals surface area contributed by atoms with E-state index >= 15 is 0 Å². The molecule has 0 spiro atoms. The van der Waals surface area contributed by atoms with E-state index in [9.17, 15) is 69.6 Å². The third-order valence-electron chi connectivity index (χ3n) is 9.98. The molecule has 13 atom stereocenters. The van der Waals surface area contributed by atoms with Gasteiger partial charge >= 0.3 is 0 Å². The Morgan fingerprint density at radius 3 is 2.07 bits per heavy atom. The summed E-state index contributed by atoms with van der Waals surface area (Å²) < 4.78 is 0. The highest BCUT2D eigenvalue weighted by atomic mass is 16.3. The van der Waals surface area contributed by atoms with Crippen LogP contribution in [0.15, 0.2) is 24.3 Å². The molecule has 0 aliphatic carbocycles. The van der Waals surface area contributed by atoms with E-state index in [1.165, 1.54) is 31.2 Å². The summed E-state index contributed by atoms with van der Waals surface area (Å²) in [5.74, 6) is -8.07. The molecule has 1 aromatic carbocycles. The van der Waals surface area contributed by atoms with Crippen LogP contribution in [0.1, 0.15) is 25.8 Å². The maximum Gasteiger partial charge on any atom is 0.248 e. The molecule has 300 valence electrons. The van der Waals surface area contributed by atoms with Crippen LogP contribution >= 0.6 is 0 Å². The molecule has 21 nitrogen and oxygen atoms in total. The first-order valence-corrected chi connectivity index (χ1v) is 17.4. The van der Waals surface area contributed by atoms with Crippen LogP contribution in [0.4, 0.5) is 0 Å². The second-order valence-electron chi connectivity index (χ2n) is 14.0. The van der Waals surface area contributed by atoms with E-state index in [1.807, 2.05) is 0 Å². The van der Waals surface area contributed by atoms with E-state index in [4.69, 9.17) is 5.73 Å². The zero-order valence-corrected chi connectivity index (χ0v) is 29.6. The Balaban J connectivity index is 1.56. The number of phenols is 1. The van der Waals surface area contributed by atoms with Crippen molar-refractivity contribution in [3.63, 3.8) is 0 Å². The number of nitrogens with one attached hydrogen (secondary N) is 4. The monoisotopic (exact) mass is 767 g/mol. The van der Waals surface area contributed by atoms with Crippen molar-refractivity contribution in [2.45, 2.75) is 93.6 Å². The molecule has 11 unspecified atom stereocenters. The van der Waals surface area contributed by atoms with Gasteiger partial charge in [-0.05, 0) is 24.6 Å². The van der Waals surface area contributed by atoms with E-state index in [-0.39, 0.29) is 31.7 Å². The van der Waals surface area contributed by atoms with Crippen LogP contribution in [-0.4, -0.2) is 179 Å². The second-order valence-corrected chi connectivity index (χ2v) is 14.0. The molecule has 3 heterocycles. The topological polar surface area (TPSA) is 345 Å². The molecule has 0 bridgehead atoms. The summed E-state index contributed by atoms with van der Waals surface area (Å²) in [7, 11) is 0. The lowest BCUT2D eigenvalue weighted by atomic mass is 10.00. The molecule has 4 rings (SSSR count). The van der Waals surface area contributed by atoms with Gasteiger partial charge in [0, 0.05) is 38.4 Å². The maximum atomic E-state index is 13.9. The number of β-amino-alcohol motifs (C(OH)–C–C–N with tert-alkyl or cyclic N) is 1. The first-order chi connectivity index (χ1) is 25.4. The molecule has 21 heteroatoms. The Morgan fingerprint density at radius 2 is 1.52 bits per heavy atom. The lowest BCUT2D eigenvalue weighted by Gasteiger charge is -2.32. The van der Waals surface area contributed by atoms with Gasteiger partial charge in [-0.3, -0.25) is 34.1 Å². The lowest BCUT2D eigenvalue weighted by molar-refractivity contribution is -0.146. The van der Waals surface area contributed by atoms with Crippen molar-refractivity contribution in [1.82, 2.24) is 31.1 Å². The minimum atomic E-state index is -1.90. The normalized spacial score (nSPS) is 29.5. The van der Waals surface area contributed by atoms with Gasteiger partial charge in [0.05, 0.1) is 36.9 Å². The first kappa shape index (κ1) is 42.3. The summed E-state index contributed by atoms with van der Waals surface area (Å²) >= 11 is 0. The maximum absolute atomic E-state index is 13.9. The Bertz CT molecular complexity index is 1550. The standard InChI is InChI=1S/C33H49N7O14/c1-13-10-40(24(25(13)46)27(34)48)32(53)19(12-41)36-30(51)23(21(45)7-15-3-5-16(43)6-4-15)38-29(50)20-8-17(44)11-39(20)33(54)22(14(2)42)37-28(49)18-9-35-31(52)26(18)47/h3-6,13-14,17-26,31,35,41-47,52H,7-12H2,1-2H3,(H2,34,48)(H,36,51)(H,37,49)(H,38,50)/t13?,14-,17?,18?,19?,20?,21?,22+,23?,24?,25?,26?,31?/m1/s1. The van der Waals surface area contributed by atoms with E-state index in [0.29, 0.717) is 5.56 Å². The number of nitrogens with zero attached hydrogens (tertiary/aromatic N) is 2. The minimum absolute atomic E-state index is 0.0966. The highest BCUT2D eigenvalue weighted by Crippen LogP contribution is 2.25. The van der Waals surface area contributed by atoms with Crippen molar-refractivity contribution >= 4 is 35.4 Å². The predicted octanol–water partition coefficient (Wildman–Crippen LogP) is -7.32. The number of aliphatic hydroxyl groups is 7. The number of benzene rings is 1. The quantitative estimate of drug-likeness (QED) is 0.0836. The number of rotatable bonds is 14. The molecule has 3 fully saturated rings. The molecule has 0 saturated carbocycles. The third-order valence-corrected chi connectivity index (χ3v) is 9.98. The lowest BCUT2D eigenvalue weighted by Crippen LogP contribution is -2.63. The smallest absolute Gasteiger partial charge is 0.248 e. The van der Waals surface area contributed by atoms with E-state index in [0.717, 1.165) is 9.80 Å². The molecule has 0 aromatic heterocycles. The van der Waals surface area contributed by atoms with Crippen LogP contribution in [0.25, 0.3) is 0 Å². The number of phenolic OH excluding ortho intramolecular Hbond substituents is 1. The van der Waals surface area contributed by atoms with Gasteiger partial charge in [-0.15, -0.1) is 0 Å². The van der Waals surface area contributed by atoms with Crippen molar-refractivity contribution in [1.29, 1.82) is 0 Å². The predicted molar refractivity (Wildman–Crippen MR) is 182 cm³/mol. The Morgan fingerprint density at radius 1 is 0.889 bits per heavy atom. The summed E-state index contributed by atoms with van der Waals surface area (Å²) in [4.78, 5) is 81.6. The van der Waals surface area contributed by atoms with Crippen LogP contribution in [-0.2, 0) is 35.2 Å². The SMILES string of the molecule is CC1CN(C(=O)C(CO)NC(=O)C(NC(=O)C2CC(O)CN2C(=O)[C@@H](NC(=O)C2CNC(O)C2O)[C@@H](C)O)C(O)Cc2ccc(O)cc2)C(C(N)=O)C1O. The zero-order valence-electron chi connectivity index (χ0n) is 29.6. The molecule has 14 N–H and O–H groups in total. The number of likely N-dealkylation sites (tertiary alicyclic amines) is 2. The fourth-order valence-corrected chi connectivity index (χ4v) is 6.89. The highest BCUT2D eigenvalue weighted by Gasteiger charge is 2.48. The van der Waals surface area contributed by atoms with Crippen LogP contribution in [0.3, 0.4) is 0 Å². The molecule has 1 aromatic rings. The summed E-state index contributed by atoms with van der Waals surface area (Å²) in [6.45, 7) is 0.980. The van der Waals surface area contributed by atoms with Crippen LogP contribution in [0.2, 0.25) is 0 Å². The van der Waals surface area contributed by atoms with Crippen molar-refractivity contribution in [2.24, 2.45) is 17.6 Å². The van der Waals surface area contributed by atoms with Crippen molar-refractivity contribution in [3.8, 4) is 5.75 Å². The highest BCUT2D eigenvalue weighted by molar-refractivity contribution is 5.97. The van der Waals surface area contributed by atoms with E-state index in [1.54, 1.807) is 6.92 Å². The molecule has 54 heavy (non-hydrogen) atoms. The van der Waals surface area contributed by atoms with Gasteiger partial charge in [0.2, 0.25) is 35.4 Å². The fraction of sp³-hybridized carbons (Fsp3) is 0.636. The first-order valence-electron chi connectivity index (χ1n) is 17.4. The average molecular weight is 768 g/mol. The van der Waals surface area contributed by atoms with Crippen LogP contribution in [0, 0.1) is 11.8 Å². The number of carbonyl (C=O) groups excluding carboxylic acids is 6. The Hall–Kier alpha value is -4.48. The molecular weight excluding hydrogens is 718 g/mol. The molecular formula is C33H49N7O14. The van der Waals surface area contributed by atoms with Crippen molar-refractivity contribution in [2.75, 3.05) is 26.2 Å². The number of nitrogens with two attached hydrogens (primary N) is 1. The summed E-state index contributed by atoms with van der Waals surface area (Å²) in [5, 5.41) is 91.8. The molecule has 0 radical (unpaired) electrons. The largest absolute Gasteiger partial charge is 0.508 e. The van der Waals surface area contributed by atoms with Gasteiger partial charge in [0.1, 0.15) is 48.3 Å². The number of hydrogen-bond acceptors (Lipinski definition) is 15. The number of amides is 6.